The summed E-state index contributed by atoms with van der Waals surface area (Å²) in [6.07, 6.45) is -3.47. The molecule has 182 valence electrons. The third kappa shape index (κ3) is 5.90. The molecule has 1 aromatic carbocycles. The summed E-state index contributed by atoms with van der Waals surface area (Å²) >= 11 is 0. The van der Waals surface area contributed by atoms with Crippen molar-refractivity contribution in [3.8, 4) is 5.88 Å². The van der Waals surface area contributed by atoms with Gasteiger partial charge in [-0.25, -0.2) is 14.8 Å². The zero-order valence-electron chi connectivity index (χ0n) is 18.2. The van der Waals surface area contributed by atoms with Gasteiger partial charge in [0.05, 0.1) is 12.2 Å². The van der Waals surface area contributed by atoms with Crippen molar-refractivity contribution in [3.05, 3.63) is 83.1 Å². The highest BCUT2D eigenvalue weighted by atomic mass is 19.4. The maximum atomic E-state index is 13.0. The second kappa shape index (κ2) is 10.1. The van der Waals surface area contributed by atoms with Crippen LogP contribution in [0.5, 0.6) is 5.88 Å². The van der Waals surface area contributed by atoms with Gasteiger partial charge in [0.15, 0.2) is 6.23 Å². The molecule has 1 aliphatic heterocycles. The van der Waals surface area contributed by atoms with E-state index in [-0.39, 0.29) is 24.1 Å². The van der Waals surface area contributed by atoms with E-state index in [2.05, 4.69) is 19.7 Å². The molecule has 1 atom stereocenters. The van der Waals surface area contributed by atoms with Crippen LogP contribution in [0, 0.1) is 0 Å². The molecular weight excluding hydrogens is 467 g/mol. The van der Waals surface area contributed by atoms with Gasteiger partial charge in [0, 0.05) is 24.4 Å². The number of halogens is 3. The first-order valence-corrected chi connectivity index (χ1v) is 10.5. The molecule has 0 radical (unpaired) electrons. The lowest BCUT2D eigenvalue weighted by atomic mass is 10.0. The highest BCUT2D eigenvalue weighted by Crippen LogP contribution is 2.22. The number of nitrogens with two attached hydrogens (primary N) is 1. The molecular formula is C23H20F3N5O4. The fourth-order valence-electron chi connectivity index (χ4n) is 3.49. The smallest absolute Gasteiger partial charge is 0.473 e. The van der Waals surface area contributed by atoms with Crippen LogP contribution in [0.1, 0.15) is 39.1 Å². The van der Waals surface area contributed by atoms with Crippen LogP contribution in [0.25, 0.3) is 0 Å². The van der Waals surface area contributed by atoms with Gasteiger partial charge in [0.2, 0.25) is 5.88 Å². The first-order chi connectivity index (χ1) is 16.7. The quantitative estimate of drug-likeness (QED) is 0.416. The van der Waals surface area contributed by atoms with Gasteiger partial charge in [0.25, 0.3) is 5.91 Å². The predicted octanol–water partition coefficient (Wildman–Crippen LogP) is 2.71. The van der Waals surface area contributed by atoms with E-state index in [4.69, 9.17) is 10.5 Å². The Morgan fingerprint density at radius 3 is 2.74 bits per heavy atom. The standard InChI is InChI=1S/C23H20F3N5O4/c24-23(25,26)22(33)35-20(27)17-10-19(30-13-29-17)34-12-14-3-1-4-16(9-14)21(32)31-8-6-15-5-2-7-28-18(15)11-31/h1-5,7,9-10,13,20H,6,8,11-12,27H2. The molecule has 1 aliphatic rings. The molecule has 0 spiro atoms. The van der Waals surface area contributed by atoms with Crippen LogP contribution < -0.4 is 10.5 Å². The number of pyridine rings is 1. The van der Waals surface area contributed by atoms with E-state index in [0.717, 1.165) is 24.0 Å². The van der Waals surface area contributed by atoms with Crippen LogP contribution in [0.2, 0.25) is 0 Å². The Balaban J connectivity index is 1.39. The number of benzene rings is 1. The number of esters is 1. The Morgan fingerprint density at radius 1 is 1.11 bits per heavy atom. The van der Waals surface area contributed by atoms with Crippen LogP contribution in [-0.2, 0) is 29.1 Å². The SMILES string of the molecule is NC(OC(=O)C(F)(F)F)c1cc(OCc2cccc(C(=O)N3CCc4cccnc4C3)c2)ncn1. The Morgan fingerprint density at radius 2 is 1.94 bits per heavy atom. The summed E-state index contributed by atoms with van der Waals surface area (Å²) in [6.45, 7) is 1.03. The number of rotatable bonds is 6. The molecule has 35 heavy (non-hydrogen) atoms. The van der Waals surface area contributed by atoms with Crippen molar-refractivity contribution in [2.75, 3.05) is 6.54 Å². The Kier molecular flexibility index (Phi) is 6.92. The molecule has 2 N–H and O–H groups in total. The normalized spacial score (nSPS) is 14.1. The number of fused-ring (bicyclic) bond motifs is 1. The molecule has 3 heterocycles. The molecule has 0 saturated carbocycles. The zero-order chi connectivity index (χ0) is 25.0. The maximum absolute atomic E-state index is 13.0. The molecule has 1 amide bonds. The number of carbonyl (C=O) groups excluding carboxylic acids is 2. The number of ether oxygens (including phenoxy) is 2. The number of carbonyl (C=O) groups is 2. The molecule has 0 saturated heterocycles. The summed E-state index contributed by atoms with van der Waals surface area (Å²) in [5.41, 5.74) is 8.48. The lowest BCUT2D eigenvalue weighted by Crippen LogP contribution is -2.36. The average molecular weight is 487 g/mol. The van der Waals surface area contributed by atoms with E-state index in [1.807, 2.05) is 12.1 Å². The van der Waals surface area contributed by atoms with Gasteiger partial charge in [-0.3, -0.25) is 15.5 Å². The van der Waals surface area contributed by atoms with Crippen LogP contribution >= 0.6 is 0 Å². The van der Waals surface area contributed by atoms with Gasteiger partial charge >= 0.3 is 12.1 Å². The Bertz CT molecular complexity index is 1240. The second-order valence-corrected chi connectivity index (χ2v) is 7.68. The molecule has 2 aromatic heterocycles. The first kappa shape index (κ1) is 24.1. The van der Waals surface area contributed by atoms with E-state index in [9.17, 15) is 22.8 Å². The van der Waals surface area contributed by atoms with Gasteiger partial charge in [0.1, 0.15) is 18.6 Å². The lowest BCUT2D eigenvalue weighted by molar-refractivity contribution is -0.205. The highest BCUT2D eigenvalue weighted by molar-refractivity contribution is 5.94. The van der Waals surface area contributed by atoms with Crippen molar-refractivity contribution < 1.29 is 32.2 Å². The van der Waals surface area contributed by atoms with Crippen molar-refractivity contribution in [2.45, 2.75) is 32.0 Å². The number of aromatic nitrogens is 3. The third-order valence-corrected chi connectivity index (χ3v) is 5.24. The maximum Gasteiger partial charge on any atom is 0.490 e. The van der Waals surface area contributed by atoms with Crippen LogP contribution in [0.4, 0.5) is 13.2 Å². The van der Waals surface area contributed by atoms with Crippen LogP contribution in [0.3, 0.4) is 0 Å². The molecule has 0 aliphatic carbocycles. The summed E-state index contributed by atoms with van der Waals surface area (Å²) in [7, 11) is 0. The van der Waals surface area contributed by atoms with E-state index < -0.39 is 18.4 Å². The van der Waals surface area contributed by atoms with Gasteiger partial charge in [-0.05, 0) is 35.7 Å². The van der Waals surface area contributed by atoms with Crippen molar-refractivity contribution in [3.63, 3.8) is 0 Å². The number of hydrogen-bond donors (Lipinski definition) is 1. The molecule has 4 rings (SSSR count). The van der Waals surface area contributed by atoms with E-state index in [1.165, 1.54) is 6.07 Å². The molecule has 12 heteroatoms. The van der Waals surface area contributed by atoms with Gasteiger partial charge in [-0.2, -0.15) is 13.2 Å². The minimum absolute atomic E-state index is 0.00366. The zero-order valence-corrected chi connectivity index (χ0v) is 18.2. The largest absolute Gasteiger partial charge is 0.490 e. The Labute approximate surface area is 197 Å². The van der Waals surface area contributed by atoms with Crippen molar-refractivity contribution in [1.82, 2.24) is 19.9 Å². The average Bonchev–Trinajstić information content (AvgIpc) is 2.86. The minimum atomic E-state index is -5.18. The second-order valence-electron chi connectivity index (χ2n) is 7.68. The van der Waals surface area contributed by atoms with E-state index >= 15 is 0 Å². The topological polar surface area (TPSA) is 121 Å². The van der Waals surface area contributed by atoms with Gasteiger partial charge in [-0.1, -0.05) is 18.2 Å². The van der Waals surface area contributed by atoms with Crippen molar-refractivity contribution in [2.24, 2.45) is 5.73 Å². The van der Waals surface area contributed by atoms with Crippen molar-refractivity contribution in [1.29, 1.82) is 0 Å². The van der Waals surface area contributed by atoms with Crippen molar-refractivity contribution >= 4 is 11.9 Å². The minimum Gasteiger partial charge on any atom is -0.473 e. The molecule has 0 fully saturated rings. The predicted molar refractivity (Wildman–Crippen MR) is 115 cm³/mol. The fourth-order valence-corrected chi connectivity index (χ4v) is 3.49. The van der Waals surface area contributed by atoms with E-state index in [0.29, 0.717) is 24.2 Å². The summed E-state index contributed by atoms with van der Waals surface area (Å²) in [4.78, 5) is 37.7. The van der Waals surface area contributed by atoms with Gasteiger partial charge in [-0.15, -0.1) is 0 Å². The number of nitrogens with zero attached hydrogens (tertiary/aromatic N) is 4. The van der Waals surface area contributed by atoms with Crippen LogP contribution in [0.15, 0.2) is 55.0 Å². The first-order valence-electron chi connectivity index (χ1n) is 10.5. The summed E-state index contributed by atoms with van der Waals surface area (Å²) < 4.78 is 46.8. The fraction of sp³-hybridized carbons (Fsp3) is 0.261. The lowest BCUT2D eigenvalue weighted by Gasteiger charge is -2.28. The number of amides is 1. The summed E-state index contributed by atoms with van der Waals surface area (Å²) in [5.74, 6) is -2.56. The third-order valence-electron chi connectivity index (χ3n) is 5.24. The molecule has 1 unspecified atom stereocenters. The number of hydrogen-bond acceptors (Lipinski definition) is 8. The molecule has 0 bridgehead atoms. The Hall–Kier alpha value is -4.06. The summed E-state index contributed by atoms with van der Waals surface area (Å²) in [6, 6.07) is 11.9. The van der Waals surface area contributed by atoms with E-state index in [1.54, 1.807) is 35.4 Å². The van der Waals surface area contributed by atoms with Gasteiger partial charge < -0.3 is 14.4 Å². The summed E-state index contributed by atoms with van der Waals surface area (Å²) in [5, 5.41) is 0. The number of alkyl halides is 3. The molecule has 3 aromatic rings. The van der Waals surface area contributed by atoms with Crippen LogP contribution in [-0.4, -0.2) is 44.4 Å². The molecule has 9 nitrogen and oxygen atoms in total. The highest BCUT2D eigenvalue weighted by Gasteiger charge is 2.42. The monoisotopic (exact) mass is 487 g/mol.